The zero-order valence-electron chi connectivity index (χ0n) is 22.1. The minimum absolute atomic E-state index is 0.436. The van der Waals surface area contributed by atoms with Gasteiger partial charge >= 0.3 is 0 Å². The molecule has 0 fully saturated rings. The summed E-state index contributed by atoms with van der Waals surface area (Å²) in [6.07, 6.45) is 3.62. The number of rotatable bonds is 4. The maximum atomic E-state index is 10.5. The molecule has 0 heterocycles. The molecule has 0 aromatic heterocycles. The summed E-state index contributed by atoms with van der Waals surface area (Å²) < 4.78 is 0. The fraction of sp³-hybridized carbons (Fsp3) is 0.167. The van der Waals surface area contributed by atoms with Crippen molar-refractivity contribution < 1.29 is 5.11 Å². The largest absolute Gasteiger partial charge is 0.508 e. The molecule has 0 atom stereocenters. The highest BCUT2D eigenvalue weighted by molar-refractivity contribution is 7.79. The lowest BCUT2D eigenvalue weighted by molar-refractivity contribution is 0.467. The second-order valence-electron chi connectivity index (χ2n) is 10.5. The van der Waals surface area contributed by atoms with E-state index >= 15 is 0 Å². The van der Waals surface area contributed by atoms with Gasteiger partial charge in [-0.15, -0.1) is 0 Å². The summed E-state index contributed by atoms with van der Waals surface area (Å²) in [6, 6.07) is 40.5. The van der Waals surface area contributed by atoms with Gasteiger partial charge in [0.1, 0.15) is 5.75 Å². The quantitative estimate of drug-likeness (QED) is 0.250. The van der Waals surface area contributed by atoms with Gasteiger partial charge < -0.3 is 5.11 Å². The Morgan fingerprint density at radius 1 is 0.526 bits per heavy atom. The van der Waals surface area contributed by atoms with Crippen LogP contribution in [0, 0.1) is 13.8 Å². The SMILES string of the molecule is Cc1cccc(P(c2cccc(C)c2)c2cccc(-c3cc4ccc3CCc3ccc(c(O)c3)CC4)c2)c1. The first-order chi connectivity index (χ1) is 18.5. The maximum Gasteiger partial charge on any atom is 0.119 e. The van der Waals surface area contributed by atoms with E-state index < -0.39 is 7.92 Å². The van der Waals surface area contributed by atoms with Crippen molar-refractivity contribution in [3.63, 3.8) is 0 Å². The minimum atomic E-state index is -0.675. The monoisotopic (exact) mass is 512 g/mol. The van der Waals surface area contributed by atoms with Gasteiger partial charge in [0.15, 0.2) is 0 Å². The van der Waals surface area contributed by atoms with Gasteiger partial charge in [0.25, 0.3) is 0 Å². The van der Waals surface area contributed by atoms with Crippen LogP contribution in [0.15, 0.2) is 109 Å². The van der Waals surface area contributed by atoms with E-state index in [0.717, 1.165) is 31.2 Å². The van der Waals surface area contributed by atoms with Crippen LogP contribution in [0.5, 0.6) is 5.75 Å². The second-order valence-corrected chi connectivity index (χ2v) is 12.7. The Bertz CT molecular complexity index is 1570. The molecule has 1 nitrogen and oxygen atoms in total. The molecular formula is C36H33OP. The average Bonchev–Trinajstić information content (AvgIpc) is 2.91. The lowest BCUT2D eigenvalue weighted by Crippen LogP contribution is -2.21. The minimum Gasteiger partial charge on any atom is -0.508 e. The van der Waals surface area contributed by atoms with Crippen LogP contribution < -0.4 is 15.9 Å². The van der Waals surface area contributed by atoms with E-state index in [1.54, 1.807) is 0 Å². The smallest absolute Gasteiger partial charge is 0.119 e. The van der Waals surface area contributed by atoms with Gasteiger partial charge in [-0.2, -0.15) is 0 Å². The fourth-order valence-corrected chi connectivity index (χ4v) is 8.13. The third-order valence-electron chi connectivity index (χ3n) is 7.63. The molecule has 0 unspecified atom stereocenters. The van der Waals surface area contributed by atoms with E-state index in [-0.39, 0.29) is 0 Å². The molecule has 0 saturated carbocycles. The van der Waals surface area contributed by atoms with Gasteiger partial charge in [0, 0.05) is 0 Å². The predicted octanol–water partition coefficient (Wildman–Crippen LogP) is 7.32. The molecule has 0 saturated heterocycles. The molecule has 4 aliphatic carbocycles. The van der Waals surface area contributed by atoms with Crippen molar-refractivity contribution in [2.45, 2.75) is 39.5 Å². The van der Waals surface area contributed by atoms with Crippen molar-refractivity contribution >= 4 is 23.8 Å². The summed E-state index contributed by atoms with van der Waals surface area (Å²) in [4.78, 5) is 0. The summed E-state index contributed by atoms with van der Waals surface area (Å²) in [5.74, 6) is 0.436. The molecule has 9 rings (SSSR count). The Balaban J connectivity index is 1.44. The average molecular weight is 513 g/mol. The number of aryl methyl sites for hydroxylation is 6. The van der Waals surface area contributed by atoms with Gasteiger partial charge in [0.2, 0.25) is 0 Å². The lowest BCUT2D eigenvalue weighted by Gasteiger charge is -2.22. The predicted molar refractivity (Wildman–Crippen MR) is 163 cm³/mol. The second kappa shape index (κ2) is 10.6. The Labute approximate surface area is 227 Å². The molecule has 4 aliphatic rings. The van der Waals surface area contributed by atoms with Crippen LogP contribution >= 0.6 is 7.92 Å². The zero-order chi connectivity index (χ0) is 26.1. The van der Waals surface area contributed by atoms with E-state index in [1.807, 2.05) is 6.07 Å². The molecule has 0 amide bonds. The van der Waals surface area contributed by atoms with Crippen molar-refractivity contribution in [2.75, 3.05) is 0 Å². The molecule has 5 aromatic carbocycles. The first kappa shape index (κ1) is 24.7. The van der Waals surface area contributed by atoms with Gasteiger partial charge in [-0.05, 0) is 109 Å². The molecular weight excluding hydrogens is 479 g/mol. The van der Waals surface area contributed by atoms with Gasteiger partial charge in [0.05, 0.1) is 0 Å². The standard InChI is InChI=1S/C36H33OP/c1-25-6-3-9-32(20-25)38(33-10-4-7-26(2)21-33)34-11-5-8-31(24-34)35-22-27-12-16-29(35)17-13-28-15-19-30(18-14-27)36(37)23-28/h3-12,15-16,19-24,37H,13-14,17-18H2,1-2H3. The summed E-state index contributed by atoms with van der Waals surface area (Å²) in [6.45, 7) is 4.37. The van der Waals surface area contributed by atoms with Gasteiger partial charge in [-0.1, -0.05) is 108 Å². The van der Waals surface area contributed by atoms with E-state index in [9.17, 15) is 5.11 Å². The van der Waals surface area contributed by atoms with Gasteiger partial charge in [-0.25, -0.2) is 0 Å². The van der Waals surface area contributed by atoms with Crippen molar-refractivity contribution in [3.05, 3.63) is 143 Å². The first-order valence-corrected chi connectivity index (χ1v) is 14.8. The van der Waals surface area contributed by atoms with E-state index in [4.69, 9.17) is 0 Å². The fourth-order valence-electron chi connectivity index (χ4n) is 5.59. The summed E-state index contributed by atoms with van der Waals surface area (Å²) in [5, 5.41) is 14.7. The molecule has 5 aromatic rings. The molecule has 1 N–H and O–H groups in total. The van der Waals surface area contributed by atoms with Crippen molar-refractivity contribution in [1.29, 1.82) is 0 Å². The van der Waals surface area contributed by atoms with Crippen LogP contribution in [0.25, 0.3) is 11.1 Å². The van der Waals surface area contributed by atoms with Crippen molar-refractivity contribution in [1.82, 2.24) is 0 Å². The highest BCUT2D eigenvalue weighted by atomic mass is 31.1. The topological polar surface area (TPSA) is 20.2 Å². The number of hydrogen-bond donors (Lipinski definition) is 1. The summed E-state index contributed by atoms with van der Waals surface area (Å²) >= 11 is 0. The van der Waals surface area contributed by atoms with Crippen LogP contribution in [0.1, 0.15) is 33.4 Å². The van der Waals surface area contributed by atoms with Gasteiger partial charge in [-0.3, -0.25) is 0 Å². The number of aromatic hydroxyl groups is 1. The third-order valence-corrected chi connectivity index (χ3v) is 10.0. The summed E-state index contributed by atoms with van der Waals surface area (Å²) in [7, 11) is -0.675. The molecule has 38 heavy (non-hydrogen) atoms. The Morgan fingerprint density at radius 3 is 1.71 bits per heavy atom. The van der Waals surface area contributed by atoms with Crippen LogP contribution in [0.3, 0.4) is 0 Å². The van der Waals surface area contributed by atoms with Crippen LogP contribution in [-0.4, -0.2) is 5.11 Å². The molecule has 0 radical (unpaired) electrons. The number of hydrogen-bond acceptors (Lipinski definition) is 1. The number of phenolic OH excluding ortho intramolecular Hbond substituents is 1. The van der Waals surface area contributed by atoms with Crippen molar-refractivity contribution in [3.8, 4) is 16.9 Å². The third kappa shape index (κ3) is 5.17. The summed E-state index contributed by atoms with van der Waals surface area (Å²) in [5.41, 5.74) is 10.1. The highest BCUT2D eigenvalue weighted by Gasteiger charge is 2.19. The zero-order valence-corrected chi connectivity index (χ0v) is 23.0. The van der Waals surface area contributed by atoms with Crippen LogP contribution in [-0.2, 0) is 25.7 Å². The van der Waals surface area contributed by atoms with Crippen LogP contribution in [0.4, 0.5) is 0 Å². The molecule has 0 spiro atoms. The van der Waals surface area contributed by atoms with E-state index in [2.05, 4.69) is 117 Å². The molecule has 0 aliphatic heterocycles. The lowest BCUT2D eigenvalue weighted by atomic mass is 9.90. The van der Waals surface area contributed by atoms with Crippen LogP contribution in [0.2, 0.25) is 0 Å². The Hall–Kier alpha value is -3.67. The van der Waals surface area contributed by atoms with E-state index in [0.29, 0.717) is 5.75 Å². The molecule has 188 valence electrons. The Morgan fingerprint density at radius 2 is 1.08 bits per heavy atom. The van der Waals surface area contributed by atoms with Crippen molar-refractivity contribution in [2.24, 2.45) is 0 Å². The normalized spacial score (nSPS) is 12.9. The molecule has 4 bridgehead atoms. The Kier molecular flexibility index (Phi) is 6.88. The van der Waals surface area contributed by atoms with E-state index in [1.165, 1.54) is 54.9 Å². The highest BCUT2D eigenvalue weighted by Crippen LogP contribution is 2.36. The maximum absolute atomic E-state index is 10.5. The number of benzene rings is 5. The molecule has 2 heteroatoms. The first-order valence-electron chi connectivity index (χ1n) is 13.5. The number of phenols is 1.